The molecule has 0 radical (unpaired) electrons. The normalized spacial score (nSPS) is 11.0. The van der Waals surface area contributed by atoms with E-state index in [1.165, 1.54) is 0 Å². The van der Waals surface area contributed by atoms with Gasteiger partial charge in [-0.1, -0.05) is 12.1 Å². The van der Waals surface area contributed by atoms with Crippen LogP contribution < -0.4 is 0 Å². The van der Waals surface area contributed by atoms with Crippen molar-refractivity contribution < 1.29 is 10.2 Å². The van der Waals surface area contributed by atoms with Crippen molar-refractivity contribution in [3.8, 4) is 11.5 Å². The number of fused-ring (bicyclic) bond motifs is 2. The molecule has 2 nitrogen and oxygen atoms in total. The number of phenols is 2. The average molecular weight is 210 g/mol. The predicted molar refractivity (Wildman–Crippen MR) is 64.8 cm³/mol. The van der Waals surface area contributed by atoms with Crippen LogP contribution in [0.25, 0.3) is 21.5 Å². The largest absolute Gasteiger partial charge is 0.508 e. The summed E-state index contributed by atoms with van der Waals surface area (Å²) in [4.78, 5) is 0. The highest BCUT2D eigenvalue weighted by Crippen LogP contribution is 2.27. The molecule has 3 aromatic rings. The molecule has 0 spiro atoms. The average Bonchev–Trinajstić information content (AvgIpc) is 2.26. The lowest BCUT2D eigenvalue weighted by atomic mass is 10.0. The van der Waals surface area contributed by atoms with E-state index >= 15 is 0 Å². The van der Waals surface area contributed by atoms with Crippen molar-refractivity contribution in [3.05, 3.63) is 48.5 Å². The minimum Gasteiger partial charge on any atom is -0.508 e. The molecule has 0 saturated heterocycles. The first-order chi connectivity index (χ1) is 7.72. The standard InChI is InChI=1S/C14H10O2/c15-13-3-1-9-5-12-8-14(16)4-2-10(12)6-11(9)7-13/h1-8,15-16H. The highest BCUT2D eigenvalue weighted by molar-refractivity contribution is 5.99. The van der Waals surface area contributed by atoms with Crippen LogP contribution in [0.1, 0.15) is 0 Å². The highest BCUT2D eigenvalue weighted by atomic mass is 16.3. The van der Waals surface area contributed by atoms with Crippen LogP contribution in [0, 0.1) is 0 Å². The Kier molecular flexibility index (Phi) is 1.77. The first-order valence-electron chi connectivity index (χ1n) is 5.08. The first kappa shape index (κ1) is 9.04. The molecule has 3 aromatic carbocycles. The summed E-state index contributed by atoms with van der Waals surface area (Å²) in [6, 6.07) is 14.5. The quantitative estimate of drug-likeness (QED) is 0.558. The Bertz CT molecular complexity index is 625. The summed E-state index contributed by atoms with van der Waals surface area (Å²) < 4.78 is 0. The summed E-state index contributed by atoms with van der Waals surface area (Å²) in [5.41, 5.74) is 0. The smallest absolute Gasteiger partial charge is 0.116 e. The summed E-state index contributed by atoms with van der Waals surface area (Å²) in [7, 11) is 0. The molecule has 0 aliphatic carbocycles. The number of benzene rings is 3. The lowest BCUT2D eigenvalue weighted by Crippen LogP contribution is -1.76. The zero-order chi connectivity index (χ0) is 11.1. The Labute approximate surface area is 92.4 Å². The Morgan fingerprint density at radius 1 is 0.500 bits per heavy atom. The van der Waals surface area contributed by atoms with Gasteiger partial charge in [0.25, 0.3) is 0 Å². The van der Waals surface area contributed by atoms with Gasteiger partial charge in [0.2, 0.25) is 0 Å². The summed E-state index contributed by atoms with van der Waals surface area (Å²) in [5.74, 6) is 0.538. The highest BCUT2D eigenvalue weighted by Gasteiger charge is 2.00. The molecule has 0 aromatic heterocycles. The van der Waals surface area contributed by atoms with Gasteiger partial charge in [-0.2, -0.15) is 0 Å². The number of rotatable bonds is 0. The van der Waals surface area contributed by atoms with Gasteiger partial charge < -0.3 is 10.2 Å². The molecule has 0 amide bonds. The molecule has 0 heterocycles. The van der Waals surface area contributed by atoms with E-state index in [1.807, 2.05) is 24.3 Å². The maximum Gasteiger partial charge on any atom is 0.116 e. The van der Waals surface area contributed by atoms with Crippen molar-refractivity contribution in [1.82, 2.24) is 0 Å². The summed E-state index contributed by atoms with van der Waals surface area (Å²) >= 11 is 0. The Morgan fingerprint density at radius 2 is 0.938 bits per heavy atom. The van der Waals surface area contributed by atoms with E-state index < -0.39 is 0 Å². The van der Waals surface area contributed by atoms with Gasteiger partial charge in [0.05, 0.1) is 0 Å². The van der Waals surface area contributed by atoms with E-state index in [1.54, 1.807) is 24.3 Å². The monoisotopic (exact) mass is 210 g/mol. The molecule has 0 fully saturated rings. The SMILES string of the molecule is Oc1ccc2cc3cc(O)ccc3cc2c1. The number of hydrogen-bond donors (Lipinski definition) is 2. The van der Waals surface area contributed by atoms with Crippen LogP contribution in [-0.2, 0) is 0 Å². The zero-order valence-corrected chi connectivity index (χ0v) is 8.51. The molecule has 0 aliphatic rings. The van der Waals surface area contributed by atoms with Crippen molar-refractivity contribution in [2.45, 2.75) is 0 Å². The fraction of sp³-hybridized carbons (Fsp3) is 0. The van der Waals surface area contributed by atoms with Gasteiger partial charge in [-0.25, -0.2) is 0 Å². The van der Waals surface area contributed by atoms with Crippen molar-refractivity contribution in [2.75, 3.05) is 0 Å². The fourth-order valence-electron chi connectivity index (χ4n) is 1.97. The fourth-order valence-corrected chi connectivity index (χ4v) is 1.97. The summed E-state index contributed by atoms with van der Waals surface area (Å²) in [5, 5.41) is 22.9. The second-order valence-corrected chi connectivity index (χ2v) is 3.92. The molecule has 0 saturated carbocycles. The zero-order valence-electron chi connectivity index (χ0n) is 8.51. The molecule has 2 N–H and O–H groups in total. The second-order valence-electron chi connectivity index (χ2n) is 3.92. The van der Waals surface area contributed by atoms with Gasteiger partial charge in [0.1, 0.15) is 11.5 Å². The topological polar surface area (TPSA) is 40.5 Å². The van der Waals surface area contributed by atoms with Crippen LogP contribution in [0.4, 0.5) is 0 Å². The van der Waals surface area contributed by atoms with E-state index in [4.69, 9.17) is 0 Å². The lowest BCUT2D eigenvalue weighted by Gasteiger charge is -2.03. The molecule has 78 valence electrons. The van der Waals surface area contributed by atoms with Crippen molar-refractivity contribution >= 4 is 21.5 Å². The van der Waals surface area contributed by atoms with Crippen molar-refractivity contribution in [1.29, 1.82) is 0 Å². The maximum atomic E-state index is 9.41. The molecular formula is C14H10O2. The second kappa shape index (κ2) is 3.14. The van der Waals surface area contributed by atoms with Gasteiger partial charge >= 0.3 is 0 Å². The molecule has 0 aliphatic heterocycles. The van der Waals surface area contributed by atoms with Crippen molar-refractivity contribution in [2.24, 2.45) is 0 Å². The summed E-state index contributed by atoms with van der Waals surface area (Å²) in [6.07, 6.45) is 0. The molecular weight excluding hydrogens is 200 g/mol. The molecule has 16 heavy (non-hydrogen) atoms. The van der Waals surface area contributed by atoms with Gasteiger partial charge in [-0.15, -0.1) is 0 Å². The third-order valence-electron chi connectivity index (χ3n) is 2.76. The third kappa shape index (κ3) is 1.36. The molecule has 2 heteroatoms. The number of hydrogen-bond acceptors (Lipinski definition) is 2. The van der Waals surface area contributed by atoms with Crippen molar-refractivity contribution in [3.63, 3.8) is 0 Å². The van der Waals surface area contributed by atoms with Gasteiger partial charge in [0.15, 0.2) is 0 Å². The van der Waals surface area contributed by atoms with E-state index in [2.05, 4.69) is 0 Å². The number of aromatic hydroxyl groups is 2. The molecule has 3 rings (SSSR count). The first-order valence-corrected chi connectivity index (χ1v) is 5.08. The Morgan fingerprint density at radius 3 is 1.38 bits per heavy atom. The third-order valence-corrected chi connectivity index (χ3v) is 2.76. The number of phenolic OH excluding ortho intramolecular Hbond substituents is 2. The Balaban J connectivity index is 2.44. The Hall–Kier alpha value is -2.22. The van der Waals surface area contributed by atoms with Gasteiger partial charge in [-0.05, 0) is 57.9 Å². The molecule has 0 bridgehead atoms. The minimum atomic E-state index is 0.269. The summed E-state index contributed by atoms with van der Waals surface area (Å²) in [6.45, 7) is 0. The molecule has 0 atom stereocenters. The maximum absolute atomic E-state index is 9.41. The predicted octanol–water partition coefficient (Wildman–Crippen LogP) is 3.40. The van der Waals surface area contributed by atoms with Crippen LogP contribution in [0.5, 0.6) is 11.5 Å². The van der Waals surface area contributed by atoms with Crippen LogP contribution >= 0.6 is 0 Å². The van der Waals surface area contributed by atoms with Gasteiger partial charge in [0, 0.05) is 0 Å². The van der Waals surface area contributed by atoms with Crippen LogP contribution in [0.2, 0.25) is 0 Å². The van der Waals surface area contributed by atoms with Crippen LogP contribution in [0.3, 0.4) is 0 Å². The lowest BCUT2D eigenvalue weighted by molar-refractivity contribution is 0.475. The molecule has 0 unspecified atom stereocenters. The van der Waals surface area contributed by atoms with Gasteiger partial charge in [-0.3, -0.25) is 0 Å². The van der Waals surface area contributed by atoms with E-state index in [0.29, 0.717) is 0 Å². The van der Waals surface area contributed by atoms with E-state index in [9.17, 15) is 10.2 Å². The van der Waals surface area contributed by atoms with E-state index in [-0.39, 0.29) is 11.5 Å². The van der Waals surface area contributed by atoms with Crippen LogP contribution in [-0.4, -0.2) is 10.2 Å². The minimum absolute atomic E-state index is 0.269. The van der Waals surface area contributed by atoms with Crippen LogP contribution in [0.15, 0.2) is 48.5 Å². The van der Waals surface area contributed by atoms with E-state index in [0.717, 1.165) is 21.5 Å².